The van der Waals surface area contributed by atoms with E-state index in [0.717, 1.165) is 0 Å². The molecule has 0 aliphatic heterocycles. The summed E-state index contributed by atoms with van der Waals surface area (Å²) in [5, 5.41) is 7.28. The van der Waals surface area contributed by atoms with Gasteiger partial charge < -0.3 is 10.0 Å². The molecule has 0 radical (unpaired) electrons. The lowest BCUT2D eigenvalue weighted by atomic mass is 10.4. The van der Waals surface area contributed by atoms with Crippen molar-refractivity contribution in [2.24, 2.45) is 0 Å². The molecule has 0 atom stereocenters. The number of hydrogen-bond acceptors (Lipinski definition) is 6. The standard InChI is InChI=1S/C7H18N2O6S2/c1-9(5-6-10)4-2-3-8-16(11,12)7-17(13,14)15/h8,10H,2-7H2,1H3,(H,13,14,15). The molecule has 0 aliphatic rings. The molecule has 8 nitrogen and oxygen atoms in total. The molecule has 0 saturated carbocycles. The van der Waals surface area contributed by atoms with Gasteiger partial charge in [0.15, 0.2) is 5.08 Å². The van der Waals surface area contributed by atoms with Crippen LogP contribution in [0, 0.1) is 0 Å². The van der Waals surface area contributed by atoms with Gasteiger partial charge in [0.25, 0.3) is 10.1 Å². The van der Waals surface area contributed by atoms with Crippen molar-refractivity contribution in [2.45, 2.75) is 6.42 Å². The van der Waals surface area contributed by atoms with E-state index >= 15 is 0 Å². The summed E-state index contributed by atoms with van der Waals surface area (Å²) in [6.45, 7) is 1.14. The first-order chi connectivity index (χ1) is 7.66. The SMILES string of the molecule is CN(CCO)CCCNS(=O)(=O)CS(=O)(=O)O. The summed E-state index contributed by atoms with van der Waals surface area (Å²) in [5.74, 6) is 0. The van der Waals surface area contributed by atoms with Crippen LogP contribution >= 0.6 is 0 Å². The van der Waals surface area contributed by atoms with Crippen molar-refractivity contribution < 1.29 is 26.5 Å². The first-order valence-corrected chi connectivity index (χ1v) is 8.14. The largest absolute Gasteiger partial charge is 0.395 e. The first-order valence-electron chi connectivity index (χ1n) is 4.88. The quantitative estimate of drug-likeness (QED) is 0.333. The number of hydrogen-bond donors (Lipinski definition) is 3. The number of aliphatic hydroxyl groups is 1. The van der Waals surface area contributed by atoms with Gasteiger partial charge in [0.05, 0.1) is 6.61 Å². The number of sulfonamides is 1. The van der Waals surface area contributed by atoms with Gasteiger partial charge in [0.2, 0.25) is 10.0 Å². The predicted molar refractivity (Wildman–Crippen MR) is 62.5 cm³/mol. The molecule has 0 rings (SSSR count). The van der Waals surface area contributed by atoms with Crippen LogP contribution in [0.1, 0.15) is 6.42 Å². The van der Waals surface area contributed by atoms with Gasteiger partial charge in [-0.05, 0) is 20.0 Å². The third-order valence-corrected chi connectivity index (χ3v) is 4.90. The number of likely N-dealkylation sites (N-methyl/N-ethyl adjacent to an activating group) is 1. The monoisotopic (exact) mass is 290 g/mol. The van der Waals surface area contributed by atoms with Crippen LogP contribution in [0.4, 0.5) is 0 Å². The Hall–Kier alpha value is -0.260. The Balaban J connectivity index is 3.89. The van der Waals surface area contributed by atoms with Crippen LogP contribution in [-0.2, 0) is 20.1 Å². The molecule has 0 aliphatic carbocycles. The van der Waals surface area contributed by atoms with E-state index in [1.165, 1.54) is 0 Å². The van der Waals surface area contributed by atoms with Crippen LogP contribution < -0.4 is 4.72 Å². The highest BCUT2D eigenvalue weighted by atomic mass is 32.3. The van der Waals surface area contributed by atoms with Gasteiger partial charge >= 0.3 is 0 Å². The zero-order chi connectivity index (χ0) is 13.5. The maximum Gasteiger partial charge on any atom is 0.280 e. The van der Waals surface area contributed by atoms with E-state index in [0.29, 0.717) is 19.5 Å². The molecule has 17 heavy (non-hydrogen) atoms. The van der Waals surface area contributed by atoms with Crippen molar-refractivity contribution in [3.63, 3.8) is 0 Å². The minimum atomic E-state index is -4.54. The van der Waals surface area contributed by atoms with Crippen molar-refractivity contribution in [1.82, 2.24) is 9.62 Å². The average molecular weight is 290 g/mol. The molecule has 0 fully saturated rings. The smallest absolute Gasteiger partial charge is 0.280 e. The third kappa shape index (κ3) is 10.6. The van der Waals surface area contributed by atoms with Crippen LogP contribution in [0.5, 0.6) is 0 Å². The van der Waals surface area contributed by atoms with Gasteiger partial charge in [-0.3, -0.25) is 4.55 Å². The molecule has 0 heterocycles. The van der Waals surface area contributed by atoms with Gasteiger partial charge in [0, 0.05) is 13.1 Å². The van der Waals surface area contributed by atoms with Gasteiger partial charge in [-0.1, -0.05) is 0 Å². The number of nitrogens with one attached hydrogen (secondary N) is 1. The molecule has 3 N–H and O–H groups in total. The van der Waals surface area contributed by atoms with E-state index in [9.17, 15) is 16.8 Å². The average Bonchev–Trinajstić information content (AvgIpc) is 2.09. The highest BCUT2D eigenvalue weighted by molar-refractivity contribution is 8.04. The molecule has 0 aromatic rings. The zero-order valence-electron chi connectivity index (χ0n) is 9.53. The summed E-state index contributed by atoms with van der Waals surface area (Å²) in [5.41, 5.74) is 0. The summed E-state index contributed by atoms with van der Waals surface area (Å²) in [7, 11) is -6.78. The maximum atomic E-state index is 11.1. The van der Waals surface area contributed by atoms with Crippen LogP contribution in [0.15, 0.2) is 0 Å². The van der Waals surface area contributed by atoms with Gasteiger partial charge in [0.1, 0.15) is 0 Å². The lowest BCUT2D eigenvalue weighted by Crippen LogP contribution is -2.32. The number of nitrogens with zero attached hydrogens (tertiary/aromatic N) is 1. The highest BCUT2D eigenvalue weighted by Gasteiger charge is 2.18. The summed E-state index contributed by atoms with van der Waals surface area (Å²) < 4.78 is 53.4. The van der Waals surface area contributed by atoms with Crippen LogP contribution in [0.3, 0.4) is 0 Å². The highest BCUT2D eigenvalue weighted by Crippen LogP contribution is 1.93. The van der Waals surface area contributed by atoms with Crippen LogP contribution in [-0.4, -0.2) is 69.8 Å². The van der Waals surface area contributed by atoms with Gasteiger partial charge in [-0.15, -0.1) is 0 Å². The fourth-order valence-electron chi connectivity index (χ4n) is 1.10. The molecule has 0 spiro atoms. The normalized spacial score (nSPS) is 13.2. The van der Waals surface area contributed by atoms with Crippen LogP contribution in [0.2, 0.25) is 0 Å². The summed E-state index contributed by atoms with van der Waals surface area (Å²) in [6.07, 6.45) is 0.473. The topological polar surface area (TPSA) is 124 Å². The van der Waals surface area contributed by atoms with Crippen molar-refractivity contribution in [3.8, 4) is 0 Å². The molecule has 10 heteroatoms. The lowest BCUT2D eigenvalue weighted by molar-refractivity contribution is 0.220. The van der Waals surface area contributed by atoms with Crippen molar-refractivity contribution >= 4 is 20.1 Å². The lowest BCUT2D eigenvalue weighted by Gasteiger charge is -2.14. The van der Waals surface area contributed by atoms with E-state index < -0.39 is 25.2 Å². The Morgan fingerprint density at radius 3 is 2.24 bits per heavy atom. The van der Waals surface area contributed by atoms with Crippen molar-refractivity contribution in [1.29, 1.82) is 0 Å². The Morgan fingerprint density at radius 1 is 1.18 bits per heavy atom. The van der Waals surface area contributed by atoms with Gasteiger partial charge in [-0.25, -0.2) is 13.1 Å². The Morgan fingerprint density at radius 2 is 1.76 bits per heavy atom. The number of rotatable bonds is 9. The second-order valence-corrected chi connectivity index (χ2v) is 7.21. The molecular formula is C7H18N2O6S2. The van der Waals surface area contributed by atoms with E-state index in [1.54, 1.807) is 11.9 Å². The predicted octanol–water partition coefficient (Wildman–Crippen LogP) is -1.93. The third-order valence-electron chi connectivity index (χ3n) is 1.82. The first kappa shape index (κ1) is 16.7. The Bertz CT molecular complexity index is 404. The molecule has 0 saturated heterocycles. The molecule has 0 unspecified atom stereocenters. The van der Waals surface area contributed by atoms with E-state index in [-0.39, 0.29) is 13.2 Å². The van der Waals surface area contributed by atoms with Crippen molar-refractivity contribution in [3.05, 3.63) is 0 Å². The van der Waals surface area contributed by atoms with Crippen LogP contribution in [0.25, 0.3) is 0 Å². The Labute approximate surface area is 101 Å². The molecule has 104 valence electrons. The fourth-order valence-corrected chi connectivity index (χ4v) is 3.45. The van der Waals surface area contributed by atoms with Gasteiger partial charge in [-0.2, -0.15) is 8.42 Å². The second kappa shape index (κ2) is 7.24. The summed E-state index contributed by atoms with van der Waals surface area (Å²) in [4.78, 5) is 1.80. The Kier molecular flexibility index (Phi) is 7.13. The maximum absolute atomic E-state index is 11.1. The minimum Gasteiger partial charge on any atom is -0.395 e. The molecule has 0 aromatic carbocycles. The van der Waals surface area contributed by atoms with E-state index in [2.05, 4.69) is 4.72 Å². The molecule has 0 amide bonds. The summed E-state index contributed by atoms with van der Waals surface area (Å²) in [6, 6.07) is 0. The van der Waals surface area contributed by atoms with Crippen molar-refractivity contribution in [2.75, 3.05) is 38.4 Å². The van der Waals surface area contributed by atoms with E-state index in [4.69, 9.17) is 9.66 Å². The zero-order valence-corrected chi connectivity index (χ0v) is 11.2. The number of aliphatic hydroxyl groups excluding tert-OH is 1. The second-order valence-electron chi connectivity index (χ2n) is 3.59. The summed E-state index contributed by atoms with van der Waals surface area (Å²) >= 11 is 0. The van der Waals surface area contributed by atoms with E-state index in [1.807, 2.05) is 0 Å². The minimum absolute atomic E-state index is 0.0188. The molecular weight excluding hydrogens is 272 g/mol. The molecule has 0 aromatic heterocycles. The fraction of sp³-hybridized carbons (Fsp3) is 1.00. The molecule has 0 bridgehead atoms.